The Morgan fingerprint density at radius 3 is 2.11 bits per heavy atom. The van der Waals surface area contributed by atoms with Gasteiger partial charge in [-0.05, 0) is 62.7 Å². The molecule has 0 unspecified atom stereocenters. The number of halogens is 1. The van der Waals surface area contributed by atoms with Crippen molar-refractivity contribution in [1.29, 1.82) is 0 Å². The monoisotopic (exact) mass is 498 g/mol. The van der Waals surface area contributed by atoms with Crippen molar-refractivity contribution in [1.82, 2.24) is 0 Å². The van der Waals surface area contributed by atoms with E-state index in [9.17, 15) is 23.6 Å². The van der Waals surface area contributed by atoms with E-state index in [-0.39, 0.29) is 34.2 Å². The summed E-state index contributed by atoms with van der Waals surface area (Å²) in [5, 5.41) is 5.29. The van der Waals surface area contributed by atoms with Gasteiger partial charge in [-0.3, -0.25) is 9.59 Å². The highest BCUT2D eigenvalue weighted by atomic mass is 32.1. The summed E-state index contributed by atoms with van der Waals surface area (Å²) in [5.74, 6) is -3.22. The third-order valence-corrected chi connectivity index (χ3v) is 6.04. The van der Waals surface area contributed by atoms with E-state index in [2.05, 4.69) is 10.6 Å². The number of anilines is 2. The van der Waals surface area contributed by atoms with Gasteiger partial charge in [0.1, 0.15) is 10.8 Å². The summed E-state index contributed by atoms with van der Waals surface area (Å²) >= 11 is 0.870. The Morgan fingerprint density at radius 1 is 0.857 bits per heavy atom. The summed E-state index contributed by atoms with van der Waals surface area (Å²) in [6, 6.07) is 11.5. The first-order valence-electron chi connectivity index (χ1n) is 10.7. The second-order valence-corrected chi connectivity index (χ2v) is 8.19. The lowest BCUT2D eigenvalue weighted by Gasteiger charge is -2.07. The zero-order chi connectivity index (χ0) is 25.5. The number of hydrogen-bond acceptors (Lipinski definition) is 7. The Bertz CT molecular complexity index is 1270. The van der Waals surface area contributed by atoms with Gasteiger partial charge in [0.2, 0.25) is 0 Å². The largest absolute Gasteiger partial charge is 0.462 e. The molecular weight excluding hydrogens is 475 g/mol. The van der Waals surface area contributed by atoms with E-state index in [1.54, 1.807) is 32.9 Å². The first-order valence-corrected chi connectivity index (χ1v) is 11.5. The highest BCUT2D eigenvalue weighted by Gasteiger charge is 2.27. The van der Waals surface area contributed by atoms with Gasteiger partial charge in [-0.1, -0.05) is 12.1 Å². The second-order valence-electron chi connectivity index (χ2n) is 7.17. The number of carbonyl (C=O) groups is 4. The van der Waals surface area contributed by atoms with Crippen molar-refractivity contribution in [3.05, 3.63) is 81.5 Å². The molecule has 3 rings (SSSR count). The van der Waals surface area contributed by atoms with E-state index in [0.717, 1.165) is 17.4 Å². The van der Waals surface area contributed by atoms with Gasteiger partial charge in [0.15, 0.2) is 0 Å². The van der Waals surface area contributed by atoms with Crippen molar-refractivity contribution in [2.75, 3.05) is 23.8 Å². The molecule has 35 heavy (non-hydrogen) atoms. The Morgan fingerprint density at radius 2 is 1.49 bits per heavy atom. The van der Waals surface area contributed by atoms with Crippen molar-refractivity contribution in [3.63, 3.8) is 0 Å². The molecule has 2 aromatic carbocycles. The fourth-order valence-corrected chi connectivity index (χ4v) is 4.26. The molecule has 1 heterocycles. The van der Waals surface area contributed by atoms with Crippen LogP contribution in [0.2, 0.25) is 0 Å². The molecule has 0 saturated heterocycles. The van der Waals surface area contributed by atoms with Crippen LogP contribution < -0.4 is 10.6 Å². The summed E-state index contributed by atoms with van der Waals surface area (Å²) in [6.07, 6.45) is 0. The topological polar surface area (TPSA) is 111 Å². The molecule has 0 saturated carbocycles. The fourth-order valence-electron chi connectivity index (χ4n) is 3.17. The number of ether oxygens (including phenoxy) is 2. The molecular formula is C25H23FN2O6S. The molecule has 8 nitrogen and oxygen atoms in total. The lowest BCUT2D eigenvalue weighted by molar-refractivity contribution is 0.0517. The molecule has 182 valence electrons. The molecule has 1 aromatic heterocycles. The van der Waals surface area contributed by atoms with Crippen LogP contribution >= 0.6 is 11.3 Å². The van der Waals surface area contributed by atoms with Crippen LogP contribution in [0.15, 0.2) is 48.5 Å². The number of rotatable bonds is 8. The smallest absolute Gasteiger partial charge is 0.341 e. The molecule has 0 radical (unpaired) electrons. The summed E-state index contributed by atoms with van der Waals surface area (Å²) in [6.45, 7) is 5.22. The number of nitrogens with one attached hydrogen (secondary N) is 2. The maximum absolute atomic E-state index is 14.1. The Kier molecular flexibility index (Phi) is 8.32. The van der Waals surface area contributed by atoms with Gasteiger partial charge in [0, 0.05) is 5.69 Å². The molecule has 0 aliphatic rings. The lowest BCUT2D eigenvalue weighted by Crippen LogP contribution is -2.16. The van der Waals surface area contributed by atoms with E-state index >= 15 is 0 Å². The average molecular weight is 499 g/mol. The van der Waals surface area contributed by atoms with Crippen LogP contribution in [0, 0.1) is 12.7 Å². The summed E-state index contributed by atoms with van der Waals surface area (Å²) < 4.78 is 24.1. The van der Waals surface area contributed by atoms with Gasteiger partial charge in [-0.2, -0.15) is 0 Å². The SMILES string of the molecule is CCOC(=O)c1ccc(NC(=O)c2sc(NC(=O)c3ccccc3F)c(C(=O)OCC)c2C)cc1. The van der Waals surface area contributed by atoms with Crippen LogP contribution in [0.25, 0.3) is 0 Å². The molecule has 0 bridgehead atoms. The molecule has 2 amide bonds. The lowest BCUT2D eigenvalue weighted by atomic mass is 10.1. The molecule has 0 spiro atoms. The van der Waals surface area contributed by atoms with E-state index in [1.807, 2.05) is 0 Å². The van der Waals surface area contributed by atoms with Gasteiger partial charge < -0.3 is 20.1 Å². The standard InChI is InChI=1S/C25H23FN2O6S/c1-4-33-24(31)15-10-12-16(13-11-15)27-22(30)20-14(3)19(25(32)34-5-2)23(35-20)28-21(29)17-8-6-7-9-18(17)26/h6-13H,4-5H2,1-3H3,(H,27,30)(H,28,29). The Labute approximate surface area is 205 Å². The maximum atomic E-state index is 14.1. The van der Waals surface area contributed by atoms with Gasteiger partial charge >= 0.3 is 11.9 Å². The third-order valence-electron chi connectivity index (χ3n) is 4.83. The zero-order valence-corrected chi connectivity index (χ0v) is 20.1. The minimum atomic E-state index is -0.767. The molecule has 3 aromatic rings. The molecule has 0 aliphatic heterocycles. The van der Waals surface area contributed by atoms with Gasteiger partial charge in [-0.25, -0.2) is 14.0 Å². The fraction of sp³-hybridized carbons (Fsp3) is 0.200. The minimum absolute atomic E-state index is 0.0179. The van der Waals surface area contributed by atoms with Crippen LogP contribution in [-0.2, 0) is 9.47 Å². The average Bonchev–Trinajstić information content (AvgIpc) is 3.15. The first-order chi connectivity index (χ1) is 16.8. The first kappa shape index (κ1) is 25.6. The number of hydrogen-bond donors (Lipinski definition) is 2. The van der Waals surface area contributed by atoms with Gasteiger partial charge in [-0.15, -0.1) is 11.3 Å². The van der Waals surface area contributed by atoms with E-state index in [4.69, 9.17) is 9.47 Å². The van der Waals surface area contributed by atoms with Crippen molar-refractivity contribution < 1.29 is 33.0 Å². The second kappa shape index (κ2) is 11.4. The zero-order valence-electron chi connectivity index (χ0n) is 19.3. The van der Waals surface area contributed by atoms with Crippen LogP contribution in [-0.4, -0.2) is 37.0 Å². The van der Waals surface area contributed by atoms with Crippen molar-refractivity contribution in [2.24, 2.45) is 0 Å². The highest BCUT2D eigenvalue weighted by Crippen LogP contribution is 2.35. The number of thiophene rings is 1. The minimum Gasteiger partial charge on any atom is -0.462 e. The van der Waals surface area contributed by atoms with Crippen LogP contribution in [0.4, 0.5) is 15.1 Å². The molecule has 2 N–H and O–H groups in total. The van der Waals surface area contributed by atoms with Crippen molar-refractivity contribution in [3.8, 4) is 0 Å². The van der Waals surface area contributed by atoms with Gasteiger partial charge in [0.05, 0.1) is 34.8 Å². The number of amides is 2. The molecule has 0 atom stereocenters. The Balaban J connectivity index is 1.88. The van der Waals surface area contributed by atoms with Gasteiger partial charge in [0.25, 0.3) is 11.8 Å². The predicted octanol–water partition coefficient (Wildman–Crippen LogP) is 5.05. The van der Waals surface area contributed by atoms with E-state index < -0.39 is 29.6 Å². The molecule has 0 aliphatic carbocycles. The van der Waals surface area contributed by atoms with Crippen LogP contribution in [0.1, 0.15) is 60.2 Å². The molecule has 10 heteroatoms. The summed E-state index contributed by atoms with van der Waals surface area (Å²) in [7, 11) is 0. The number of benzene rings is 2. The van der Waals surface area contributed by atoms with Crippen molar-refractivity contribution in [2.45, 2.75) is 20.8 Å². The predicted molar refractivity (Wildman–Crippen MR) is 130 cm³/mol. The number of carbonyl (C=O) groups excluding carboxylic acids is 4. The van der Waals surface area contributed by atoms with Crippen LogP contribution in [0.5, 0.6) is 0 Å². The quantitative estimate of drug-likeness (QED) is 0.421. The summed E-state index contributed by atoms with van der Waals surface area (Å²) in [5.41, 5.74) is 0.855. The van der Waals surface area contributed by atoms with E-state index in [1.165, 1.54) is 30.3 Å². The third kappa shape index (κ3) is 5.90. The molecule has 0 fully saturated rings. The normalized spacial score (nSPS) is 10.4. The highest BCUT2D eigenvalue weighted by molar-refractivity contribution is 7.19. The van der Waals surface area contributed by atoms with Crippen LogP contribution in [0.3, 0.4) is 0 Å². The maximum Gasteiger partial charge on any atom is 0.341 e. The van der Waals surface area contributed by atoms with E-state index in [0.29, 0.717) is 16.8 Å². The van der Waals surface area contributed by atoms with Crippen molar-refractivity contribution >= 4 is 45.8 Å². The Hall–Kier alpha value is -4.05. The summed E-state index contributed by atoms with van der Waals surface area (Å²) in [4.78, 5) is 50.2. The number of esters is 2.